The molecule has 2 fully saturated rings. The van der Waals surface area contributed by atoms with Gasteiger partial charge in [0, 0.05) is 12.1 Å². The summed E-state index contributed by atoms with van der Waals surface area (Å²) in [4.78, 5) is 1.81. The Kier molecular flexibility index (Phi) is 2.27. The average molecular weight is 209 g/mol. The van der Waals surface area contributed by atoms with Gasteiger partial charge in [0.15, 0.2) is 0 Å². The van der Waals surface area contributed by atoms with Gasteiger partial charge in [-0.05, 0) is 25.8 Å². The summed E-state index contributed by atoms with van der Waals surface area (Å²) in [5.74, 6) is -1.24. The number of fused-ring (bicyclic) bond motifs is 1. The maximum atomic E-state index is 12.5. The molecule has 0 bridgehead atoms. The molecule has 2 atom stereocenters. The summed E-state index contributed by atoms with van der Waals surface area (Å²) in [6, 6.07) is 0. The molecule has 0 radical (unpaired) electrons. The zero-order valence-electron chi connectivity index (χ0n) is 7.85. The monoisotopic (exact) mass is 209 g/mol. The lowest BCUT2D eigenvalue weighted by Crippen LogP contribution is -2.41. The van der Waals surface area contributed by atoms with Crippen LogP contribution in [0.3, 0.4) is 0 Å². The van der Waals surface area contributed by atoms with Gasteiger partial charge in [0.25, 0.3) is 0 Å². The van der Waals surface area contributed by atoms with E-state index in [0.29, 0.717) is 13.0 Å². The number of hydrogen-bond donors (Lipinski definition) is 1. The maximum Gasteiger partial charge on any atom is 0.393 e. The van der Waals surface area contributed by atoms with Crippen LogP contribution in [0.4, 0.5) is 13.2 Å². The van der Waals surface area contributed by atoms with Gasteiger partial charge in [-0.1, -0.05) is 0 Å². The fourth-order valence-electron chi connectivity index (χ4n) is 2.76. The van der Waals surface area contributed by atoms with Gasteiger partial charge in [0.05, 0.1) is 12.5 Å². The molecule has 1 N–H and O–H groups in total. The summed E-state index contributed by atoms with van der Waals surface area (Å²) in [6.07, 6.45) is -2.42. The van der Waals surface area contributed by atoms with E-state index in [-0.39, 0.29) is 19.6 Å². The second-order valence-electron chi connectivity index (χ2n) is 4.37. The summed E-state index contributed by atoms with van der Waals surface area (Å²) in [5, 5.41) is 9.20. The molecule has 2 aliphatic rings. The SMILES string of the molecule is OCC12CCCN1CC(C(F)(F)F)C2. The molecule has 2 aliphatic heterocycles. The lowest BCUT2D eigenvalue weighted by Gasteiger charge is -2.29. The van der Waals surface area contributed by atoms with Crippen LogP contribution in [0, 0.1) is 5.92 Å². The minimum atomic E-state index is -4.10. The van der Waals surface area contributed by atoms with Crippen molar-refractivity contribution in [3.8, 4) is 0 Å². The lowest BCUT2D eigenvalue weighted by molar-refractivity contribution is -0.171. The molecule has 5 heteroatoms. The number of rotatable bonds is 1. The van der Waals surface area contributed by atoms with E-state index in [2.05, 4.69) is 0 Å². The molecule has 2 unspecified atom stereocenters. The van der Waals surface area contributed by atoms with Crippen LogP contribution >= 0.6 is 0 Å². The van der Waals surface area contributed by atoms with Gasteiger partial charge < -0.3 is 5.11 Å². The third-order valence-corrected chi connectivity index (χ3v) is 3.57. The smallest absolute Gasteiger partial charge is 0.393 e. The summed E-state index contributed by atoms with van der Waals surface area (Å²) in [6.45, 7) is 0.636. The van der Waals surface area contributed by atoms with Crippen LogP contribution in [0.25, 0.3) is 0 Å². The van der Waals surface area contributed by atoms with Gasteiger partial charge in [0.1, 0.15) is 0 Å². The van der Waals surface area contributed by atoms with E-state index in [0.717, 1.165) is 6.42 Å². The lowest BCUT2D eigenvalue weighted by atomic mass is 9.91. The zero-order valence-corrected chi connectivity index (χ0v) is 7.85. The normalized spacial score (nSPS) is 39.0. The molecule has 2 heterocycles. The van der Waals surface area contributed by atoms with Crippen LogP contribution in [-0.4, -0.2) is 41.4 Å². The van der Waals surface area contributed by atoms with Crippen molar-refractivity contribution in [1.82, 2.24) is 4.90 Å². The number of hydrogen-bond acceptors (Lipinski definition) is 2. The number of aliphatic hydroxyl groups excluding tert-OH is 1. The number of halogens is 3. The highest BCUT2D eigenvalue weighted by atomic mass is 19.4. The molecule has 0 aromatic heterocycles. The van der Waals surface area contributed by atoms with Crippen molar-refractivity contribution in [3.05, 3.63) is 0 Å². The van der Waals surface area contributed by atoms with E-state index < -0.39 is 17.6 Å². The van der Waals surface area contributed by atoms with E-state index in [1.807, 2.05) is 4.90 Å². The van der Waals surface area contributed by atoms with Crippen LogP contribution < -0.4 is 0 Å². The molecular weight excluding hydrogens is 195 g/mol. The van der Waals surface area contributed by atoms with Crippen molar-refractivity contribution in [1.29, 1.82) is 0 Å². The molecule has 14 heavy (non-hydrogen) atoms. The summed E-state index contributed by atoms with van der Waals surface area (Å²) in [7, 11) is 0. The van der Waals surface area contributed by atoms with Crippen LogP contribution in [0.1, 0.15) is 19.3 Å². The second kappa shape index (κ2) is 3.10. The van der Waals surface area contributed by atoms with Crippen molar-refractivity contribution in [2.24, 2.45) is 5.92 Å². The van der Waals surface area contributed by atoms with Gasteiger partial charge in [-0.25, -0.2) is 0 Å². The summed E-state index contributed by atoms with van der Waals surface area (Å²) >= 11 is 0. The van der Waals surface area contributed by atoms with E-state index in [1.165, 1.54) is 0 Å². The van der Waals surface area contributed by atoms with Crippen molar-refractivity contribution in [2.75, 3.05) is 19.7 Å². The third-order valence-electron chi connectivity index (χ3n) is 3.57. The summed E-state index contributed by atoms with van der Waals surface area (Å²) in [5.41, 5.74) is -0.555. The first kappa shape index (κ1) is 10.2. The van der Waals surface area contributed by atoms with Crippen molar-refractivity contribution >= 4 is 0 Å². The molecular formula is C9H14F3NO. The Labute approximate surface area is 80.7 Å². The molecule has 2 nitrogen and oxygen atoms in total. The minimum Gasteiger partial charge on any atom is -0.394 e. The number of aliphatic hydroxyl groups is 1. The highest BCUT2D eigenvalue weighted by Crippen LogP contribution is 2.46. The van der Waals surface area contributed by atoms with Gasteiger partial charge in [-0.3, -0.25) is 4.90 Å². The highest BCUT2D eigenvalue weighted by Gasteiger charge is 2.55. The van der Waals surface area contributed by atoms with Gasteiger partial charge in [0.2, 0.25) is 0 Å². The molecule has 82 valence electrons. The van der Waals surface area contributed by atoms with Gasteiger partial charge in [-0.15, -0.1) is 0 Å². The Bertz CT molecular complexity index is 231. The Morgan fingerprint density at radius 1 is 1.43 bits per heavy atom. The molecule has 0 aromatic rings. The van der Waals surface area contributed by atoms with E-state index in [4.69, 9.17) is 0 Å². The Hall–Kier alpha value is -0.290. The van der Waals surface area contributed by atoms with E-state index in [9.17, 15) is 18.3 Å². The standard InChI is InChI=1S/C9H14F3NO/c10-9(11,12)7-4-8(6-14)2-1-3-13(8)5-7/h7,14H,1-6H2. The topological polar surface area (TPSA) is 23.5 Å². The quantitative estimate of drug-likeness (QED) is 0.705. The first-order valence-electron chi connectivity index (χ1n) is 4.91. The predicted molar refractivity (Wildman–Crippen MR) is 44.8 cm³/mol. The van der Waals surface area contributed by atoms with Gasteiger partial charge in [-0.2, -0.15) is 13.2 Å². The predicted octanol–water partition coefficient (Wildman–Crippen LogP) is 1.40. The Morgan fingerprint density at radius 2 is 2.14 bits per heavy atom. The van der Waals surface area contributed by atoms with Gasteiger partial charge >= 0.3 is 6.18 Å². The average Bonchev–Trinajstić information content (AvgIpc) is 2.56. The molecule has 2 saturated heterocycles. The zero-order chi connectivity index (χ0) is 10.4. The molecule has 0 spiro atoms. The van der Waals surface area contributed by atoms with E-state index in [1.54, 1.807) is 0 Å². The first-order chi connectivity index (χ1) is 6.48. The molecule has 2 rings (SSSR count). The third kappa shape index (κ3) is 1.42. The number of nitrogens with zero attached hydrogens (tertiary/aromatic N) is 1. The fraction of sp³-hybridized carbons (Fsp3) is 1.00. The first-order valence-corrected chi connectivity index (χ1v) is 4.91. The van der Waals surface area contributed by atoms with Crippen molar-refractivity contribution < 1.29 is 18.3 Å². The Balaban J connectivity index is 2.13. The molecule has 0 saturated carbocycles. The Morgan fingerprint density at radius 3 is 2.64 bits per heavy atom. The number of alkyl halides is 3. The molecule has 0 aliphatic carbocycles. The van der Waals surface area contributed by atoms with Crippen molar-refractivity contribution in [3.63, 3.8) is 0 Å². The molecule has 0 amide bonds. The molecule has 0 aromatic carbocycles. The summed E-state index contributed by atoms with van der Waals surface area (Å²) < 4.78 is 37.4. The maximum absolute atomic E-state index is 12.5. The van der Waals surface area contributed by atoms with Crippen LogP contribution in [0.5, 0.6) is 0 Å². The van der Waals surface area contributed by atoms with E-state index >= 15 is 0 Å². The van der Waals surface area contributed by atoms with Crippen molar-refractivity contribution in [2.45, 2.75) is 31.0 Å². The van der Waals surface area contributed by atoms with Crippen LogP contribution in [-0.2, 0) is 0 Å². The van der Waals surface area contributed by atoms with Crippen LogP contribution in [0.2, 0.25) is 0 Å². The minimum absolute atomic E-state index is 0.0735. The van der Waals surface area contributed by atoms with Crippen LogP contribution in [0.15, 0.2) is 0 Å². The fourth-order valence-corrected chi connectivity index (χ4v) is 2.76. The second-order valence-corrected chi connectivity index (χ2v) is 4.37. The largest absolute Gasteiger partial charge is 0.394 e. The highest BCUT2D eigenvalue weighted by molar-refractivity contribution is 5.04.